The lowest BCUT2D eigenvalue weighted by Crippen LogP contribution is -2.21. The van der Waals surface area contributed by atoms with Crippen LogP contribution in [-0.4, -0.2) is 18.4 Å². The van der Waals surface area contributed by atoms with Crippen LogP contribution in [0.1, 0.15) is 22.3 Å². The van der Waals surface area contributed by atoms with Gasteiger partial charge in [-0.2, -0.15) is 5.26 Å². The number of nitriles is 1. The van der Waals surface area contributed by atoms with Gasteiger partial charge in [-0.1, -0.05) is 45.8 Å². The van der Waals surface area contributed by atoms with Crippen LogP contribution in [0, 0.1) is 32.1 Å². The molecule has 3 aromatic rings. The highest BCUT2D eigenvalue weighted by atomic mass is 79.9. The van der Waals surface area contributed by atoms with E-state index in [1.165, 1.54) is 6.08 Å². The number of halogens is 2. The molecule has 0 saturated heterocycles. The first-order valence-corrected chi connectivity index (χ1v) is 12.2. The molecule has 0 unspecified atom stereocenters. The van der Waals surface area contributed by atoms with Crippen molar-refractivity contribution in [2.75, 3.05) is 17.2 Å². The minimum atomic E-state index is -0.548. The van der Waals surface area contributed by atoms with Gasteiger partial charge < -0.3 is 15.4 Å². The van der Waals surface area contributed by atoms with E-state index in [4.69, 9.17) is 4.74 Å². The largest absolute Gasteiger partial charge is 0.482 e. The topological polar surface area (TPSA) is 91.2 Å². The first-order chi connectivity index (χ1) is 16.7. The van der Waals surface area contributed by atoms with Crippen molar-refractivity contribution in [2.24, 2.45) is 0 Å². The molecule has 0 spiro atoms. The van der Waals surface area contributed by atoms with E-state index in [-0.39, 0.29) is 18.1 Å². The van der Waals surface area contributed by atoms with E-state index >= 15 is 0 Å². The maximum Gasteiger partial charge on any atom is 0.266 e. The van der Waals surface area contributed by atoms with Crippen molar-refractivity contribution < 1.29 is 14.3 Å². The van der Waals surface area contributed by atoms with E-state index in [0.717, 1.165) is 16.7 Å². The smallest absolute Gasteiger partial charge is 0.266 e. The Hall–Kier alpha value is -3.41. The van der Waals surface area contributed by atoms with E-state index in [2.05, 4.69) is 42.5 Å². The standard InChI is InChI=1S/C27H23Br2N3O3/c1-16-5-4-6-22(10-16)31-27(34)20(14-30)11-19-12-21(28)13-23(29)26(19)35-15-25(33)32-24-8-7-17(2)9-18(24)3/h4-13H,15H2,1-3H3,(H,31,34)(H,32,33)/b20-11+. The summed E-state index contributed by atoms with van der Waals surface area (Å²) in [5.74, 6) is -0.549. The van der Waals surface area contributed by atoms with Gasteiger partial charge in [0.05, 0.1) is 4.47 Å². The molecule has 0 radical (unpaired) electrons. The number of ether oxygens (including phenoxy) is 1. The molecule has 0 saturated carbocycles. The van der Waals surface area contributed by atoms with Gasteiger partial charge >= 0.3 is 0 Å². The summed E-state index contributed by atoms with van der Waals surface area (Å²) < 4.78 is 7.09. The molecule has 0 aliphatic heterocycles. The fourth-order valence-corrected chi connectivity index (χ4v) is 4.72. The molecule has 35 heavy (non-hydrogen) atoms. The number of benzene rings is 3. The van der Waals surface area contributed by atoms with Crippen molar-refractivity contribution in [3.63, 3.8) is 0 Å². The lowest BCUT2D eigenvalue weighted by Gasteiger charge is -2.14. The predicted octanol–water partition coefficient (Wildman–Crippen LogP) is 6.70. The highest BCUT2D eigenvalue weighted by Crippen LogP contribution is 2.34. The van der Waals surface area contributed by atoms with Crippen LogP contribution in [-0.2, 0) is 9.59 Å². The Morgan fingerprint density at radius 1 is 1.00 bits per heavy atom. The number of nitrogens with zero attached hydrogens (tertiary/aromatic N) is 1. The average Bonchev–Trinajstić information content (AvgIpc) is 2.78. The first-order valence-electron chi connectivity index (χ1n) is 10.6. The summed E-state index contributed by atoms with van der Waals surface area (Å²) in [6.07, 6.45) is 1.43. The van der Waals surface area contributed by atoms with E-state index in [1.54, 1.807) is 18.2 Å². The van der Waals surface area contributed by atoms with Gasteiger partial charge in [0.1, 0.15) is 17.4 Å². The molecule has 0 atom stereocenters. The molecule has 0 heterocycles. The van der Waals surface area contributed by atoms with Crippen LogP contribution in [0.5, 0.6) is 5.75 Å². The predicted molar refractivity (Wildman–Crippen MR) is 145 cm³/mol. The number of hydrogen-bond acceptors (Lipinski definition) is 4. The van der Waals surface area contributed by atoms with E-state index < -0.39 is 5.91 Å². The van der Waals surface area contributed by atoms with Gasteiger partial charge in [0.2, 0.25) is 0 Å². The van der Waals surface area contributed by atoms with Crippen molar-refractivity contribution in [1.29, 1.82) is 5.26 Å². The minimum absolute atomic E-state index is 0.110. The molecule has 6 nitrogen and oxygen atoms in total. The minimum Gasteiger partial charge on any atom is -0.482 e. The van der Waals surface area contributed by atoms with Crippen molar-refractivity contribution in [3.05, 3.63) is 91.4 Å². The molecule has 3 aromatic carbocycles. The summed E-state index contributed by atoms with van der Waals surface area (Å²) >= 11 is 6.86. The van der Waals surface area contributed by atoms with Crippen LogP contribution < -0.4 is 15.4 Å². The Morgan fingerprint density at radius 2 is 1.74 bits per heavy atom. The molecule has 0 aromatic heterocycles. The SMILES string of the molecule is Cc1cccc(NC(=O)/C(C#N)=C/c2cc(Br)cc(Br)c2OCC(=O)Nc2ccc(C)cc2C)c1. The molecule has 2 N–H and O–H groups in total. The monoisotopic (exact) mass is 595 g/mol. The molecule has 0 aliphatic rings. The normalized spacial score (nSPS) is 10.9. The van der Waals surface area contributed by atoms with E-state index in [0.29, 0.717) is 31.6 Å². The van der Waals surface area contributed by atoms with Gasteiger partial charge in [-0.25, -0.2) is 0 Å². The zero-order valence-electron chi connectivity index (χ0n) is 19.4. The molecular formula is C27H23Br2N3O3. The lowest BCUT2D eigenvalue weighted by atomic mass is 10.1. The Balaban J connectivity index is 1.81. The highest BCUT2D eigenvalue weighted by molar-refractivity contribution is 9.11. The van der Waals surface area contributed by atoms with Gasteiger partial charge in [-0.05, 0) is 84.2 Å². The summed E-state index contributed by atoms with van der Waals surface area (Å²) in [6.45, 7) is 5.56. The third-order valence-corrected chi connectivity index (χ3v) is 6.03. The number of nitrogens with one attached hydrogen (secondary N) is 2. The van der Waals surface area contributed by atoms with Gasteiger partial charge in [0, 0.05) is 21.4 Å². The van der Waals surface area contributed by atoms with Crippen LogP contribution in [0.4, 0.5) is 11.4 Å². The van der Waals surface area contributed by atoms with Crippen molar-refractivity contribution in [1.82, 2.24) is 0 Å². The maximum atomic E-state index is 12.7. The van der Waals surface area contributed by atoms with E-state index in [1.807, 2.05) is 63.2 Å². The summed E-state index contributed by atoms with van der Waals surface area (Å²) in [5, 5.41) is 15.2. The molecule has 0 bridgehead atoms. The zero-order valence-corrected chi connectivity index (χ0v) is 22.6. The summed E-state index contributed by atoms with van der Waals surface area (Å²) in [4.78, 5) is 25.3. The quantitative estimate of drug-likeness (QED) is 0.234. The van der Waals surface area contributed by atoms with Gasteiger partial charge in [-0.3, -0.25) is 9.59 Å². The number of aryl methyl sites for hydroxylation is 3. The van der Waals surface area contributed by atoms with Crippen molar-refractivity contribution in [3.8, 4) is 11.8 Å². The van der Waals surface area contributed by atoms with Gasteiger partial charge in [0.15, 0.2) is 6.61 Å². The second-order valence-electron chi connectivity index (χ2n) is 7.95. The maximum absolute atomic E-state index is 12.7. The second kappa shape index (κ2) is 11.8. The number of rotatable bonds is 7. The molecular weight excluding hydrogens is 574 g/mol. The molecule has 0 fully saturated rings. The zero-order chi connectivity index (χ0) is 25.5. The van der Waals surface area contributed by atoms with E-state index in [9.17, 15) is 14.9 Å². The van der Waals surface area contributed by atoms with Crippen LogP contribution in [0.15, 0.2) is 69.1 Å². The number of hydrogen-bond donors (Lipinski definition) is 2. The summed E-state index contributed by atoms with van der Waals surface area (Å²) in [7, 11) is 0. The fraction of sp³-hybridized carbons (Fsp3) is 0.148. The Morgan fingerprint density at radius 3 is 2.43 bits per heavy atom. The van der Waals surface area contributed by atoms with Crippen molar-refractivity contribution in [2.45, 2.75) is 20.8 Å². The van der Waals surface area contributed by atoms with Crippen molar-refractivity contribution >= 4 is 61.1 Å². The van der Waals surface area contributed by atoms with Crippen LogP contribution in [0.3, 0.4) is 0 Å². The summed E-state index contributed by atoms with van der Waals surface area (Å²) in [5.41, 5.74) is 4.68. The number of amides is 2. The lowest BCUT2D eigenvalue weighted by molar-refractivity contribution is -0.118. The second-order valence-corrected chi connectivity index (χ2v) is 9.72. The Labute approximate surface area is 221 Å². The average molecular weight is 597 g/mol. The van der Waals surface area contributed by atoms with Crippen LogP contribution >= 0.6 is 31.9 Å². The number of carbonyl (C=O) groups excluding carboxylic acids is 2. The molecule has 8 heteroatoms. The van der Waals surface area contributed by atoms with Gasteiger partial charge in [-0.15, -0.1) is 0 Å². The first kappa shape index (κ1) is 26.2. The number of carbonyl (C=O) groups is 2. The Bertz CT molecular complexity index is 1360. The third-order valence-electron chi connectivity index (χ3n) is 4.98. The summed E-state index contributed by atoms with van der Waals surface area (Å²) in [6, 6.07) is 18.4. The molecule has 178 valence electrons. The number of anilines is 2. The highest BCUT2D eigenvalue weighted by Gasteiger charge is 2.16. The van der Waals surface area contributed by atoms with Crippen LogP contribution in [0.25, 0.3) is 6.08 Å². The van der Waals surface area contributed by atoms with Crippen LogP contribution in [0.2, 0.25) is 0 Å². The molecule has 2 amide bonds. The fourth-order valence-electron chi connectivity index (χ4n) is 3.34. The molecule has 0 aliphatic carbocycles. The Kier molecular flexibility index (Phi) is 8.85. The van der Waals surface area contributed by atoms with Gasteiger partial charge in [0.25, 0.3) is 11.8 Å². The molecule has 3 rings (SSSR count). The third kappa shape index (κ3) is 7.28.